The zero-order valence-corrected chi connectivity index (χ0v) is 32.1. The number of aliphatic hydroxyl groups is 1. The lowest BCUT2D eigenvalue weighted by Gasteiger charge is -2.56. The van der Waals surface area contributed by atoms with Gasteiger partial charge in [0, 0.05) is 61.9 Å². The van der Waals surface area contributed by atoms with Gasteiger partial charge in [0.05, 0.1) is 31.0 Å². The second-order valence-electron chi connectivity index (χ2n) is 16.8. The number of rotatable bonds is 14. The lowest BCUT2D eigenvalue weighted by Crippen LogP contribution is -2.47. The fraction of sp³-hybridized carbons (Fsp3) is 0.543. The zero-order chi connectivity index (χ0) is 36.9. The Bertz CT molecular complexity index is 1930. The number of hydrogen-bond donors (Lipinski definition) is 1. The molecule has 4 aromatic rings. The summed E-state index contributed by atoms with van der Waals surface area (Å²) in [5, 5.41) is 14.5. The van der Waals surface area contributed by atoms with Gasteiger partial charge in [-0.3, -0.25) is 9.69 Å². The Morgan fingerprint density at radius 3 is 2.31 bits per heavy atom. The van der Waals surface area contributed by atoms with Crippen LogP contribution in [0.2, 0.25) is 0 Å². The number of carbonyl (C=O) groups is 1. The molecule has 5 aliphatic rings. The smallest absolute Gasteiger partial charge is 0.306 e. The first-order chi connectivity index (χ1) is 26.4. The van der Waals surface area contributed by atoms with Crippen LogP contribution in [0.4, 0.5) is 5.82 Å². The largest absolute Gasteiger partial charge is 0.466 e. The van der Waals surface area contributed by atoms with Crippen LogP contribution in [-0.4, -0.2) is 76.5 Å². The minimum atomic E-state index is 0.0512. The molecular weight excluding hydrogens is 671 g/mol. The summed E-state index contributed by atoms with van der Waals surface area (Å²) in [6.45, 7) is 7.04. The number of nitrogens with zero attached hydrogens (tertiary/aromatic N) is 5. The van der Waals surface area contributed by atoms with Crippen molar-refractivity contribution in [2.75, 3.05) is 50.8 Å². The summed E-state index contributed by atoms with van der Waals surface area (Å²) < 4.78 is 7.75. The highest BCUT2D eigenvalue weighted by molar-refractivity contribution is 5.83. The monoisotopic (exact) mass is 727 g/mol. The number of piperazine rings is 1. The molecule has 1 N–H and O–H groups in total. The third-order valence-electron chi connectivity index (χ3n) is 12.7. The summed E-state index contributed by atoms with van der Waals surface area (Å²) in [5.41, 5.74) is 7.20. The van der Waals surface area contributed by atoms with Gasteiger partial charge in [-0.1, -0.05) is 73.6 Å². The number of hydrogen-bond acceptors (Lipinski definition) is 7. The molecule has 2 aromatic heterocycles. The molecule has 8 heteroatoms. The molecule has 5 fully saturated rings. The molecule has 0 unspecified atom stereocenters. The van der Waals surface area contributed by atoms with E-state index in [-0.39, 0.29) is 18.0 Å². The molecule has 1 aliphatic heterocycles. The zero-order valence-electron chi connectivity index (χ0n) is 32.1. The van der Waals surface area contributed by atoms with Crippen LogP contribution in [0.5, 0.6) is 0 Å². The van der Waals surface area contributed by atoms with Gasteiger partial charge >= 0.3 is 5.97 Å². The Morgan fingerprint density at radius 1 is 0.870 bits per heavy atom. The third kappa shape index (κ3) is 8.38. The van der Waals surface area contributed by atoms with Crippen LogP contribution in [0.1, 0.15) is 94.7 Å². The minimum Gasteiger partial charge on any atom is -0.466 e. The number of aryl methyl sites for hydroxylation is 1. The van der Waals surface area contributed by atoms with E-state index >= 15 is 0 Å². The van der Waals surface area contributed by atoms with E-state index in [1.807, 2.05) is 10.6 Å². The third-order valence-corrected chi connectivity index (χ3v) is 12.7. The van der Waals surface area contributed by atoms with E-state index in [1.165, 1.54) is 38.5 Å². The molecule has 0 spiro atoms. The topological polar surface area (TPSA) is 83.2 Å². The predicted molar refractivity (Wildman–Crippen MR) is 215 cm³/mol. The van der Waals surface area contributed by atoms with Gasteiger partial charge in [-0.25, -0.2) is 4.98 Å². The molecule has 0 amide bonds. The Hall–Kier alpha value is -4.19. The van der Waals surface area contributed by atoms with Crippen LogP contribution < -0.4 is 4.90 Å². The normalized spacial score (nSPS) is 23.4. The van der Waals surface area contributed by atoms with Crippen molar-refractivity contribution in [2.24, 2.45) is 23.2 Å². The number of esters is 1. The van der Waals surface area contributed by atoms with Gasteiger partial charge in [-0.2, -0.15) is 9.61 Å². The number of unbranched alkanes of at least 4 members (excludes halogenated alkanes) is 5. The van der Waals surface area contributed by atoms with Crippen molar-refractivity contribution in [3.05, 3.63) is 71.9 Å². The fourth-order valence-electron chi connectivity index (χ4n) is 10.6. The number of fused-ring (bicyclic) bond motifs is 1. The average molecular weight is 728 g/mol. The number of β-amino-alcohol motifs (C(OH)–C–C–N with tert-alkyl or cyclic N) is 1. The van der Waals surface area contributed by atoms with Crippen molar-refractivity contribution < 1.29 is 14.6 Å². The number of anilines is 1. The number of aromatic nitrogens is 3. The first-order valence-electron chi connectivity index (χ1n) is 20.7. The fourth-order valence-corrected chi connectivity index (χ4v) is 10.6. The first kappa shape index (κ1) is 36.8. The van der Waals surface area contributed by atoms with E-state index in [9.17, 15) is 9.90 Å². The maximum absolute atomic E-state index is 12.7. The molecule has 0 radical (unpaired) electrons. The molecule has 4 saturated carbocycles. The highest BCUT2D eigenvalue weighted by Gasteiger charge is 2.51. The Balaban J connectivity index is 0.848. The Morgan fingerprint density at radius 2 is 1.57 bits per heavy atom. The van der Waals surface area contributed by atoms with Gasteiger partial charge in [0.2, 0.25) is 0 Å². The van der Waals surface area contributed by atoms with Crippen LogP contribution in [0.15, 0.2) is 60.7 Å². The lowest BCUT2D eigenvalue weighted by atomic mass is 9.49. The highest BCUT2D eigenvalue weighted by atomic mass is 16.5. The molecule has 3 heterocycles. The molecule has 1 saturated heterocycles. The minimum absolute atomic E-state index is 0.0512. The van der Waals surface area contributed by atoms with E-state index in [1.54, 1.807) is 0 Å². The molecule has 2 aromatic carbocycles. The summed E-state index contributed by atoms with van der Waals surface area (Å²) >= 11 is 0. The summed E-state index contributed by atoms with van der Waals surface area (Å²) in [6, 6.07) is 21.0. The van der Waals surface area contributed by atoms with E-state index in [0.29, 0.717) is 19.6 Å². The second-order valence-corrected chi connectivity index (χ2v) is 16.8. The van der Waals surface area contributed by atoms with E-state index < -0.39 is 0 Å². The summed E-state index contributed by atoms with van der Waals surface area (Å²) in [7, 11) is 0. The van der Waals surface area contributed by atoms with Crippen LogP contribution in [-0.2, 0) is 9.53 Å². The van der Waals surface area contributed by atoms with Crippen LogP contribution >= 0.6 is 0 Å². The second kappa shape index (κ2) is 16.7. The number of ether oxygens (including phenoxy) is 1. The van der Waals surface area contributed by atoms with Crippen molar-refractivity contribution in [3.63, 3.8) is 0 Å². The highest BCUT2D eigenvalue weighted by Crippen LogP contribution is 2.61. The van der Waals surface area contributed by atoms with Crippen molar-refractivity contribution in [3.8, 4) is 34.2 Å². The quantitative estimate of drug-likeness (QED) is 0.0795. The number of carbonyl (C=O) groups excluding carboxylic acids is 1. The SMILES string of the molecule is Cc1nn2c(N3CCN(CCO)CC3)cc(-c3cccc(C#CCCCCCCCOC(=O)CC45CC6CC(CC(C6)C4)C5)c3)nc2c1-c1ccccc1. The molecule has 0 atom stereocenters. The van der Waals surface area contributed by atoms with Crippen LogP contribution in [0.3, 0.4) is 0 Å². The first-order valence-corrected chi connectivity index (χ1v) is 20.7. The summed E-state index contributed by atoms with van der Waals surface area (Å²) in [5.74, 6) is 10.6. The van der Waals surface area contributed by atoms with Crippen molar-refractivity contribution in [1.29, 1.82) is 0 Å². The van der Waals surface area contributed by atoms with Crippen molar-refractivity contribution >= 4 is 17.4 Å². The van der Waals surface area contributed by atoms with Gasteiger partial charge in [-0.15, -0.1) is 0 Å². The van der Waals surface area contributed by atoms with E-state index in [0.717, 1.165) is 128 Å². The summed E-state index contributed by atoms with van der Waals surface area (Å²) in [4.78, 5) is 22.7. The van der Waals surface area contributed by atoms with Crippen molar-refractivity contribution in [2.45, 2.75) is 90.4 Å². The number of benzene rings is 2. The molecule has 54 heavy (non-hydrogen) atoms. The van der Waals surface area contributed by atoms with Gasteiger partial charge in [0.15, 0.2) is 5.65 Å². The number of aliphatic hydroxyl groups excluding tert-OH is 1. The summed E-state index contributed by atoms with van der Waals surface area (Å²) in [6.07, 6.45) is 15.0. The lowest BCUT2D eigenvalue weighted by molar-refractivity contribution is -0.152. The standard InChI is InChI=1S/C46H57N5O3/c1-34-44(39-15-9-7-10-16-39)45-47-41(29-42(51(45)48-34)50-20-18-49(19-21-50)22-23-52)40-17-12-14-35(28-40)13-8-5-3-2-4-6-11-24-54-43(53)33-46-30-36-25-37(31-46)27-38(26-36)32-46/h7,9-10,12,14-17,28-29,36-38,52H,2-6,11,18-27,30-33H2,1H3. The Labute approximate surface area is 321 Å². The maximum Gasteiger partial charge on any atom is 0.306 e. The molecule has 8 nitrogen and oxygen atoms in total. The molecule has 4 bridgehead atoms. The van der Waals surface area contributed by atoms with Crippen LogP contribution in [0.25, 0.3) is 28.0 Å². The van der Waals surface area contributed by atoms with Gasteiger partial charge in [-0.05, 0) is 99.2 Å². The molecule has 4 aliphatic carbocycles. The molecular formula is C46H57N5O3. The van der Waals surface area contributed by atoms with Crippen molar-refractivity contribution in [1.82, 2.24) is 19.5 Å². The van der Waals surface area contributed by atoms with E-state index in [2.05, 4.69) is 83.2 Å². The average Bonchev–Trinajstić information content (AvgIpc) is 3.51. The van der Waals surface area contributed by atoms with E-state index in [4.69, 9.17) is 14.8 Å². The maximum atomic E-state index is 12.7. The van der Waals surface area contributed by atoms with Gasteiger partial charge in [0.1, 0.15) is 5.82 Å². The van der Waals surface area contributed by atoms with Gasteiger partial charge in [0.25, 0.3) is 0 Å². The van der Waals surface area contributed by atoms with Crippen LogP contribution in [0, 0.1) is 41.9 Å². The Kier molecular flexibility index (Phi) is 11.4. The van der Waals surface area contributed by atoms with Gasteiger partial charge < -0.3 is 14.7 Å². The predicted octanol–water partition coefficient (Wildman–Crippen LogP) is 8.33. The molecule has 284 valence electrons. The molecule has 9 rings (SSSR count).